The van der Waals surface area contributed by atoms with E-state index in [2.05, 4.69) is 6.92 Å². The fourth-order valence-electron chi connectivity index (χ4n) is 2.42. The first-order valence-corrected chi connectivity index (χ1v) is 8.54. The summed E-state index contributed by atoms with van der Waals surface area (Å²) in [6.45, 7) is 9.72. The molecule has 21 heavy (non-hydrogen) atoms. The second kappa shape index (κ2) is 12.7. The molecule has 0 aromatic carbocycles. The number of nitrogens with zero attached hydrogens (tertiary/aromatic N) is 1. The Balaban J connectivity index is 4.45. The number of ether oxygens (including phenoxy) is 1. The summed E-state index contributed by atoms with van der Waals surface area (Å²) >= 11 is 0. The number of unbranched alkanes of at least 4 members (excludes halogenated alkanes) is 3. The van der Waals surface area contributed by atoms with Crippen molar-refractivity contribution in [1.82, 2.24) is 4.90 Å². The first-order chi connectivity index (χ1) is 10.1. The van der Waals surface area contributed by atoms with Gasteiger partial charge in [0.15, 0.2) is 0 Å². The topological polar surface area (TPSA) is 46.6 Å². The lowest BCUT2D eigenvalue weighted by molar-refractivity contribution is -0.144. The Kier molecular flexibility index (Phi) is 12.0. The van der Waals surface area contributed by atoms with E-state index in [-0.39, 0.29) is 17.8 Å². The molecule has 1 amide bonds. The van der Waals surface area contributed by atoms with Gasteiger partial charge in [0.2, 0.25) is 5.91 Å². The van der Waals surface area contributed by atoms with Crippen molar-refractivity contribution in [2.24, 2.45) is 5.92 Å². The molecule has 0 fully saturated rings. The molecule has 0 spiro atoms. The minimum atomic E-state index is -0.214. The Morgan fingerprint density at radius 3 is 2.14 bits per heavy atom. The van der Waals surface area contributed by atoms with Gasteiger partial charge in [-0.2, -0.15) is 0 Å². The van der Waals surface area contributed by atoms with Crippen LogP contribution in [0.3, 0.4) is 0 Å². The third-order valence-corrected chi connectivity index (χ3v) is 3.82. The monoisotopic (exact) mass is 299 g/mol. The van der Waals surface area contributed by atoms with E-state index in [4.69, 9.17) is 4.74 Å². The first kappa shape index (κ1) is 19.9. The maximum Gasteiger partial charge on any atom is 0.307 e. The summed E-state index contributed by atoms with van der Waals surface area (Å²) in [7, 11) is 0. The zero-order valence-electron chi connectivity index (χ0n) is 14.3. The zero-order valence-corrected chi connectivity index (χ0v) is 14.3. The lowest BCUT2D eigenvalue weighted by Gasteiger charge is -2.26. The molecule has 0 bridgehead atoms. The van der Waals surface area contributed by atoms with Crippen molar-refractivity contribution in [2.45, 2.75) is 72.6 Å². The molecule has 0 rings (SSSR count). The van der Waals surface area contributed by atoms with E-state index in [1.165, 1.54) is 12.8 Å². The summed E-state index contributed by atoms with van der Waals surface area (Å²) in [5.41, 5.74) is 0. The molecule has 4 nitrogen and oxygen atoms in total. The smallest absolute Gasteiger partial charge is 0.307 e. The van der Waals surface area contributed by atoms with Crippen molar-refractivity contribution in [1.29, 1.82) is 0 Å². The van der Waals surface area contributed by atoms with Gasteiger partial charge in [-0.15, -0.1) is 0 Å². The molecule has 0 heterocycles. The Morgan fingerprint density at radius 2 is 1.62 bits per heavy atom. The van der Waals surface area contributed by atoms with Gasteiger partial charge in [0, 0.05) is 19.0 Å². The van der Waals surface area contributed by atoms with Crippen LogP contribution in [0.4, 0.5) is 0 Å². The van der Waals surface area contributed by atoms with Gasteiger partial charge in [0.05, 0.1) is 13.0 Å². The molecular weight excluding hydrogens is 266 g/mol. The fourth-order valence-corrected chi connectivity index (χ4v) is 2.42. The Labute approximate surface area is 130 Å². The van der Waals surface area contributed by atoms with Gasteiger partial charge in [-0.1, -0.05) is 40.0 Å². The summed E-state index contributed by atoms with van der Waals surface area (Å²) in [5.74, 6) is 0.0626. The number of hydrogen-bond donors (Lipinski definition) is 0. The van der Waals surface area contributed by atoms with Gasteiger partial charge < -0.3 is 9.64 Å². The van der Waals surface area contributed by atoms with Gasteiger partial charge >= 0.3 is 5.97 Å². The van der Waals surface area contributed by atoms with Gasteiger partial charge in [0.1, 0.15) is 0 Å². The summed E-state index contributed by atoms with van der Waals surface area (Å²) in [6.07, 6.45) is 6.56. The predicted molar refractivity (Wildman–Crippen MR) is 86.0 cm³/mol. The molecule has 0 aliphatic rings. The third kappa shape index (κ3) is 8.74. The van der Waals surface area contributed by atoms with Crippen molar-refractivity contribution in [2.75, 3.05) is 19.7 Å². The van der Waals surface area contributed by atoms with E-state index in [0.29, 0.717) is 19.6 Å². The van der Waals surface area contributed by atoms with Crippen molar-refractivity contribution < 1.29 is 14.3 Å². The molecule has 0 aromatic rings. The maximum atomic E-state index is 12.5. The Hall–Kier alpha value is -1.06. The number of hydrogen-bond acceptors (Lipinski definition) is 3. The predicted octanol–water partition coefficient (Wildman–Crippen LogP) is 3.78. The van der Waals surface area contributed by atoms with Crippen LogP contribution in [0.2, 0.25) is 0 Å². The average molecular weight is 299 g/mol. The van der Waals surface area contributed by atoms with E-state index < -0.39 is 0 Å². The number of carbonyl (C=O) groups is 2. The molecule has 4 heteroatoms. The number of amides is 1. The average Bonchev–Trinajstić information content (AvgIpc) is 2.48. The normalized spacial score (nSPS) is 10.7. The van der Waals surface area contributed by atoms with E-state index in [1.807, 2.05) is 18.7 Å². The van der Waals surface area contributed by atoms with Crippen LogP contribution in [0.25, 0.3) is 0 Å². The van der Waals surface area contributed by atoms with Gasteiger partial charge in [-0.05, 0) is 26.2 Å². The molecule has 0 N–H and O–H groups in total. The zero-order chi connectivity index (χ0) is 16.1. The fraction of sp³-hybridized carbons (Fsp3) is 0.882. The highest BCUT2D eigenvalue weighted by molar-refractivity contribution is 5.79. The molecule has 0 radical (unpaired) electrons. The molecule has 0 saturated heterocycles. The second-order valence-electron chi connectivity index (χ2n) is 5.45. The molecule has 0 aliphatic heterocycles. The van der Waals surface area contributed by atoms with Crippen LogP contribution < -0.4 is 0 Å². The van der Waals surface area contributed by atoms with Crippen molar-refractivity contribution >= 4 is 11.9 Å². The number of carbonyl (C=O) groups excluding carboxylic acids is 2. The van der Waals surface area contributed by atoms with Crippen LogP contribution in [-0.2, 0) is 14.3 Å². The Bertz CT molecular complexity index is 288. The highest BCUT2D eigenvalue weighted by Gasteiger charge is 2.21. The molecule has 124 valence electrons. The molecule has 0 unspecified atom stereocenters. The summed E-state index contributed by atoms with van der Waals surface area (Å²) < 4.78 is 4.95. The summed E-state index contributed by atoms with van der Waals surface area (Å²) in [4.78, 5) is 25.9. The lowest BCUT2D eigenvalue weighted by atomic mass is 10.0. The van der Waals surface area contributed by atoms with Crippen LogP contribution >= 0.6 is 0 Å². The van der Waals surface area contributed by atoms with E-state index in [0.717, 1.165) is 32.2 Å². The van der Waals surface area contributed by atoms with Gasteiger partial charge in [-0.25, -0.2) is 0 Å². The highest BCUT2D eigenvalue weighted by Crippen LogP contribution is 2.14. The first-order valence-electron chi connectivity index (χ1n) is 8.54. The number of esters is 1. The summed E-state index contributed by atoms with van der Waals surface area (Å²) in [6, 6.07) is 0. The van der Waals surface area contributed by atoms with E-state index in [1.54, 1.807) is 6.92 Å². The molecule has 0 saturated carbocycles. The molecule has 0 aliphatic carbocycles. The van der Waals surface area contributed by atoms with Crippen molar-refractivity contribution in [3.05, 3.63) is 0 Å². The maximum absolute atomic E-state index is 12.5. The SMILES string of the molecule is CCCCCCN(CCC(=O)OCC)C(=O)C(CC)CC. The lowest BCUT2D eigenvalue weighted by Crippen LogP contribution is -2.38. The van der Waals surface area contributed by atoms with E-state index in [9.17, 15) is 9.59 Å². The van der Waals surface area contributed by atoms with Crippen LogP contribution in [0.5, 0.6) is 0 Å². The van der Waals surface area contributed by atoms with Crippen LogP contribution in [0, 0.1) is 5.92 Å². The molecule has 0 atom stereocenters. The minimum absolute atomic E-state index is 0.0818. The number of rotatable bonds is 12. The van der Waals surface area contributed by atoms with E-state index >= 15 is 0 Å². The molecule has 0 aromatic heterocycles. The van der Waals surface area contributed by atoms with Crippen LogP contribution in [0.15, 0.2) is 0 Å². The Morgan fingerprint density at radius 1 is 0.952 bits per heavy atom. The second-order valence-corrected chi connectivity index (χ2v) is 5.45. The quantitative estimate of drug-likeness (QED) is 0.407. The van der Waals surface area contributed by atoms with Crippen LogP contribution in [-0.4, -0.2) is 36.5 Å². The van der Waals surface area contributed by atoms with Gasteiger partial charge in [-0.3, -0.25) is 9.59 Å². The van der Waals surface area contributed by atoms with Gasteiger partial charge in [0.25, 0.3) is 0 Å². The molecular formula is C17H33NO3. The summed E-state index contributed by atoms with van der Waals surface area (Å²) in [5, 5.41) is 0. The standard InChI is InChI=1S/C17H33NO3/c1-5-9-10-11-13-18(14-12-16(19)21-8-4)17(20)15(6-2)7-3/h15H,5-14H2,1-4H3. The minimum Gasteiger partial charge on any atom is -0.466 e. The highest BCUT2D eigenvalue weighted by atomic mass is 16.5. The third-order valence-electron chi connectivity index (χ3n) is 3.82. The largest absolute Gasteiger partial charge is 0.466 e. The van der Waals surface area contributed by atoms with Crippen LogP contribution in [0.1, 0.15) is 72.6 Å². The van der Waals surface area contributed by atoms with Crippen molar-refractivity contribution in [3.8, 4) is 0 Å². The van der Waals surface area contributed by atoms with Crippen molar-refractivity contribution in [3.63, 3.8) is 0 Å².